The number of carbonyl (C=O) groups is 1. The predicted molar refractivity (Wildman–Crippen MR) is 129 cm³/mol. The maximum absolute atomic E-state index is 13.2. The van der Waals surface area contributed by atoms with Gasteiger partial charge < -0.3 is 10.6 Å². The molecule has 0 aliphatic rings. The van der Waals surface area contributed by atoms with Crippen LogP contribution < -0.4 is 21.9 Å². The fraction of sp³-hybridized carbons (Fsp3) is 0.174. The van der Waals surface area contributed by atoms with Gasteiger partial charge in [-0.25, -0.2) is 14.8 Å². The molecular weight excluding hydrogens is 488 g/mol. The van der Waals surface area contributed by atoms with E-state index < -0.39 is 17.2 Å². The SMILES string of the molecule is CNc1cc(CNC(=O)c2cc3c(=O)n(Cc4ccc(Br)cc4)c(=O)n(C)c3cn2)ccn1. The number of nitrogens with one attached hydrogen (secondary N) is 2. The second-order valence-electron chi connectivity index (χ2n) is 7.43. The number of benzene rings is 1. The Balaban J connectivity index is 1.65. The number of pyridine rings is 2. The summed E-state index contributed by atoms with van der Waals surface area (Å²) >= 11 is 3.37. The molecule has 0 aliphatic heterocycles. The Hall–Kier alpha value is -3.79. The first-order valence-electron chi connectivity index (χ1n) is 10.1. The zero-order valence-corrected chi connectivity index (χ0v) is 19.6. The normalized spacial score (nSPS) is 10.9. The van der Waals surface area contributed by atoms with Gasteiger partial charge in [0.05, 0.1) is 23.6 Å². The summed E-state index contributed by atoms with van der Waals surface area (Å²) in [6, 6.07) is 12.4. The summed E-state index contributed by atoms with van der Waals surface area (Å²) < 4.78 is 3.42. The van der Waals surface area contributed by atoms with Crippen molar-refractivity contribution in [2.45, 2.75) is 13.1 Å². The van der Waals surface area contributed by atoms with Crippen molar-refractivity contribution in [2.75, 3.05) is 12.4 Å². The van der Waals surface area contributed by atoms with E-state index in [0.29, 0.717) is 11.3 Å². The fourth-order valence-corrected chi connectivity index (χ4v) is 3.70. The summed E-state index contributed by atoms with van der Waals surface area (Å²) in [4.78, 5) is 47.0. The van der Waals surface area contributed by atoms with E-state index in [1.807, 2.05) is 30.3 Å². The van der Waals surface area contributed by atoms with Crippen molar-refractivity contribution < 1.29 is 4.79 Å². The highest BCUT2D eigenvalue weighted by atomic mass is 79.9. The minimum Gasteiger partial charge on any atom is -0.373 e. The van der Waals surface area contributed by atoms with Crippen LogP contribution >= 0.6 is 15.9 Å². The molecule has 0 atom stereocenters. The third-order valence-corrected chi connectivity index (χ3v) is 5.79. The number of amides is 1. The second kappa shape index (κ2) is 9.37. The Kier molecular flexibility index (Phi) is 6.36. The molecule has 1 amide bonds. The van der Waals surface area contributed by atoms with Crippen molar-refractivity contribution in [3.05, 3.63) is 97.0 Å². The number of rotatable bonds is 6. The number of carbonyl (C=O) groups excluding carboxylic acids is 1. The van der Waals surface area contributed by atoms with Gasteiger partial charge in [0.2, 0.25) is 0 Å². The zero-order chi connectivity index (χ0) is 23.5. The molecular formula is C23H21BrN6O3. The van der Waals surface area contributed by atoms with Gasteiger partial charge in [0, 0.05) is 31.3 Å². The first kappa shape index (κ1) is 22.4. The highest BCUT2D eigenvalue weighted by Crippen LogP contribution is 2.12. The molecule has 0 aliphatic carbocycles. The average Bonchev–Trinajstić information content (AvgIpc) is 2.84. The van der Waals surface area contributed by atoms with Gasteiger partial charge in [0.25, 0.3) is 11.5 Å². The van der Waals surface area contributed by atoms with Gasteiger partial charge in [-0.15, -0.1) is 0 Å². The van der Waals surface area contributed by atoms with Crippen LogP contribution in [0.4, 0.5) is 5.82 Å². The maximum Gasteiger partial charge on any atom is 0.331 e. The summed E-state index contributed by atoms with van der Waals surface area (Å²) in [7, 11) is 3.34. The standard InChI is InChI=1S/C23H21BrN6O3/c1-25-20-9-15(7-8-26-20)11-28-21(31)18-10-17-19(12-27-18)29(2)23(33)30(22(17)32)13-14-3-5-16(24)6-4-14/h3-10,12H,11,13H2,1-2H3,(H,25,26)(H,28,31). The number of anilines is 1. The number of hydrogen-bond donors (Lipinski definition) is 2. The highest BCUT2D eigenvalue weighted by Gasteiger charge is 2.15. The second-order valence-corrected chi connectivity index (χ2v) is 8.34. The Morgan fingerprint density at radius 2 is 1.82 bits per heavy atom. The number of fused-ring (bicyclic) bond motifs is 1. The molecule has 33 heavy (non-hydrogen) atoms. The summed E-state index contributed by atoms with van der Waals surface area (Å²) in [6.45, 7) is 0.394. The molecule has 0 bridgehead atoms. The van der Waals surface area contributed by atoms with Crippen molar-refractivity contribution in [1.29, 1.82) is 0 Å². The molecule has 4 rings (SSSR count). The Morgan fingerprint density at radius 1 is 1.06 bits per heavy atom. The molecule has 168 valence electrons. The van der Waals surface area contributed by atoms with Crippen molar-refractivity contribution >= 4 is 38.6 Å². The minimum absolute atomic E-state index is 0.0938. The molecule has 0 fully saturated rings. The van der Waals surface area contributed by atoms with E-state index in [1.165, 1.54) is 16.8 Å². The average molecular weight is 509 g/mol. The Morgan fingerprint density at radius 3 is 2.55 bits per heavy atom. The van der Waals surface area contributed by atoms with Crippen LogP contribution in [0.15, 0.2) is 68.9 Å². The molecule has 2 N–H and O–H groups in total. The van der Waals surface area contributed by atoms with Crippen molar-refractivity contribution in [1.82, 2.24) is 24.4 Å². The maximum atomic E-state index is 13.2. The van der Waals surface area contributed by atoms with Crippen LogP contribution in [0, 0.1) is 0 Å². The van der Waals surface area contributed by atoms with E-state index >= 15 is 0 Å². The van der Waals surface area contributed by atoms with Gasteiger partial charge in [-0.1, -0.05) is 28.1 Å². The van der Waals surface area contributed by atoms with E-state index in [2.05, 4.69) is 36.5 Å². The summed E-state index contributed by atoms with van der Waals surface area (Å²) in [6.07, 6.45) is 3.03. The predicted octanol–water partition coefficient (Wildman–Crippen LogP) is 2.27. The molecule has 4 aromatic rings. The molecule has 0 radical (unpaired) electrons. The molecule has 10 heteroatoms. The number of aryl methyl sites for hydroxylation is 1. The van der Waals surface area contributed by atoms with Crippen molar-refractivity contribution in [3.8, 4) is 0 Å². The van der Waals surface area contributed by atoms with Gasteiger partial charge in [-0.05, 0) is 41.5 Å². The Labute approximate surface area is 197 Å². The van der Waals surface area contributed by atoms with E-state index in [4.69, 9.17) is 0 Å². The third kappa shape index (κ3) is 4.70. The fourth-order valence-electron chi connectivity index (χ4n) is 3.43. The van der Waals surface area contributed by atoms with Crippen LogP contribution in [-0.4, -0.2) is 32.1 Å². The largest absolute Gasteiger partial charge is 0.373 e. The lowest BCUT2D eigenvalue weighted by Gasteiger charge is -2.12. The van der Waals surface area contributed by atoms with Crippen LogP contribution in [0.2, 0.25) is 0 Å². The lowest BCUT2D eigenvalue weighted by atomic mass is 10.2. The lowest BCUT2D eigenvalue weighted by Crippen LogP contribution is -2.39. The summed E-state index contributed by atoms with van der Waals surface area (Å²) in [5.74, 6) is 0.269. The van der Waals surface area contributed by atoms with Crippen LogP contribution in [0.25, 0.3) is 10.9 Å². The molecule has 0 saturated carbocycles. The number of nitrogens with zero attached hydrogens (tertiary/aromatic N) is 4. The molecule has 3 aromatic heterocycles. The number of hydrogen-bond acceptors (Lipinski definition) is 6. The van der Waals surface area contributed by atoms with E-state index in [0.717, 1.165) is 20.2 Å². The zero-order valence-electron chi connectivity index (χ0n) is 18.0. The quantitative estimate of drug-likeness (QED) is 0.413. The molecule has 3 heterocycles. The van der Waals surface area contributed by atoms with Crippen molar-refractivity contribution in [2.24, 2.45) is 7.05 Å². The molecule has 1 aromatic carbocycles. The van der Waals surface area contributed by atoms with Crippen LogP contribution in [0.1, 0.15) is 21.6 Å². The van der Waals surface area contributed by atoms with Gasteiger partial charge in [0.15, 0.2) is 0 Å². The molecule has 0 spiro atoms. The van der Waals surface area contributed by atoms with Crippen LogP contribution in [0.5, 0.6) is 0 Å². The lowest BCUT2D eigenvalue weighted by molar-refractivity contribution is 0.0946. The van der Waals surface area contributed by atoms with Crippen LogP contribution in [-0.2, 0) is 20.1 Å². The minimum atomic E-state index is -0.472. The molecule has 9 nitrogen and oxygen atoms in total. The monoisotopic (exact) mass is 508 g/mol. The highest BCUT2D eigenvalue weighted by molar-refractivity contribution is 9.10. The molecule has 0 unspecified atom stereocenters. The first-order valence-corrected chi connectivity index (χ1v) is 10.9. The van der Waals surface area contributed by atoms with Gasteiger partial charge in [0.1, 0.15) is 11.5 Å². The number of aromatic nitrogens is 4. The molecule has 0 saturated heterocycles. The van der Waals surface area contributed by atoms with E-state index in [9.17, 15) is 14.4 Å². The van der Waals surface area contributed by atoms with Gasteiger partial charge >= 0.3 is 5.69 Å². The summed E-state index contributed by atoms with van der Waals surface area (Å²) in [5.41, 5.74) is 1.20. The van der Waals surface area contributed by atoms with E-state index in [1.54, 1.807) is 26.4 Å². The third-order valence-electron chi connectivity index (χ3n) is 5.26. The Bertz CT molecular complexity index is 1460. The van der Waals surface area contributed by atoms with Crippen molar-refractivity contribution in [3.63, 3.8) is 0 Å². The number of halogens is 1. The van der Waals surface area contributed by atoms with Gasteiger partial charge in [-0.2, -0.15) is 0 Å². The first-order chi connectivity index (χ1) is 15.9. The summed E-state index contributed by atoms with van der Waals surface area (Å²) in [5, 5.41) is 5.99. The smallest absolute Gasteiger partial charge is 0.331 e. The van der Waals surface area contributed by atoms with E-state index in [-0.39, 0.29) is 24.2 Å². The topological polar surface area (TPSA) is 111 Å². The van der Waals surface area contributed by atoms with Crippen LogP contribution in [0.3, 0.4) is 0 Å². The van der Waals surface area contributed by atoms with Gasteiger partial charge in [-0.3, -0.25) is 18.7 Å².